The van der Waals surface area contributed by atoms with Crippen molar-refractivity contribution >= 4 is 22.8 Å². The largest absolute Gasteiger partial charge is 0.367 e. The van der Waals surface area contributed by atoms with Crippen LogP contribution in [0.1, 0.15) is 35.9 Å². The Labute approximate surface area is 205 Å². The number of halogens is 2. The van der Waals surface area contributed by atoms with Crippen LogP contribution in [-0.4, -0.2) is 59.4 Å². The van der Waals surface area contributed by atoms with E-state index >= 15 is 0 Å². The minimum Gasteiger partial charge on any atom is -0.367 e. The first-order valence-electron chi connectivity index (χ1n) is 11.9. The number of nitrogens with one attached hydrogen (secondary N) is 1. The summed E-state index contributed by atoms with van der Waals surface area (Å²) in [7, 11) is 0. The Morgan fingerprint density at radius 2 is 1.81 bits per heavy atom. The van der Waals surface area contributed by atoms with Crippen molar-refractivity contribution in [3.8, 4) is 5.69 Å². The molecule has 0 spiro atoms. The molecule has 2 aliphatic heterocycles. The summed E-state index contributed by atoms with van der Waals surface area (Å²) in [4.78, 5) is 30.5. The number of aromatic nitrogens is 6. The van der Waals surface area contributed by atoms with Crippen LogP contribution >= 0.6 is 0 Å². The summed E-state index contributed by atoms with van der Waals surface area (Å²) in [5.41, 5.74) is 2.11. The number of benzene rings is 1. The number of hydrogen-bond donors (Lipinski definition) is 1. The Hall–Kier alpha value is -4.02. The average Bonchev–Trinajstić information content (AvgIpc) is 3.37. The number of carbonyl (C=O) groups excluding carboxylic acids is 1. The maximum absolute atomic E-state index is 14.0. The minimum absolute atomic E-state index is 0.113. The van der Waals surface area contributed by atoms with E-state index in [2.05, 4.69) is 37.4 Å². The standard InChI is InChI=1S/C25H24F2N8O/c1-13-3-4-21(35-30-5-6-31-35)24(32-13)25(36)34-16-7-15(8-16)14(2)22(34)11-29-23-12-28-19-9-17(26)18(27)10-20(19)33-23/h3-6,9-10,12,14-16,22H,7-8,11H2,1-2H3,(H,29,33)/t14-,15?,16?,22-/m1/s1. The van der Waals surface area contributed by atoms with Gasteiger partial charge in [-0.15, -0.1) is 4.80 Å². The van der Waals surface area contributed by atoms with Gasteiger partial charge in [0.15, 0.2) is 17.3 Å². The van der Waals surface area contributed by atoms with Gasteiger partial charge in [0, 0.05) is 30.4 Å². The van der Waals surface area contributed by atoms with E-state index in [4.69, 9.17) is 0 Å². The molecule has 1 amide bonds. The van der Waals surface area contributed by atoms with Crippen LogP contribution in [0, 0.1) is 30.4 Å². The second kappa shape index (κ2) is 8.58. The summed E-state index contributed by atoms with van der Waals surface area (Å²) in [6.07, 6.45) is 6.54. The van der Waals surface area contributed by atoms with E-state index in [1.807, 2.05) is 24.0 Å². The normalized spacial score (nSPS) is 22.9. The van der Waals surface area contributed by atoms with Crippen LogP contribution in [0.15, 0.2) is 42.9 Å². The molecule has 0 unspecified atom stereocenters. The Morgan fingerprint density at radius 3 is 2.56 bits per heavy atom. The molecule has 2 bridgehead atoms. The lowest BCUT2D eigenvalue weighted by atomic mass is 9.64. The van der Waals surface area contributed by atoms with E-state index in [1.165, 1.54) is 11.0 Å². The maximum atomic E-state index is 14.0. The number of fused-ring (bicyclic) bond motifs is 3. The first kappa shape index (κ1) is 22.4. The molecule has 5 heterocycles. The fourth-order valence-electron chi connectivity index (χ4n) is 5.36. The molecule has 4 aromatic rings. The molecule has 2 saturated heterocycles. The Bertz CT molecular complexity index is 1450. The van der Waals surface area contributed by atoms with E-state index in [-0.39, 0.29) is 34.9 Å². The average molecular weight is 491 g/mol. The third kappa shape index (κ3) is 3.75. The third-order valence-corrected chi connectivity index (χ3v) is 7.41. The number of hydrogen-bond acceptors (Lipinski definition) is 7. The molecule has 9 nitrogen and oxygen atoms in total. The lowest BCUT2D eigenvalue weighted by Crippen LogP contribution is -2.64. The van der Waals surface area contributed by atoms with E-state index in [0.29, 0.717) is 29.7 Å². The molecule has 7 rings (SSSR count). The van der Waals surface area contributed by atoms with Crippen molar-refractivity contribution in [2.24, 2.45) is 11.8 Å². The van der Waals surface area contributed by atoms with E-state index in [9.17, 15) is 13.6 Å². The predicted molar refractivity (Wildman–Crippen MR) is 127 cm³/mol. The number of aryl methyl sites for hydroxylation is 1. The molecule has 1 saturated carbocycles. The first-order valence-corrected chi connectivity index (χ1v) is 11.9. The van der Waals surface area contributed by atoms with Crippen molar-refractivity contribution in [1.82, 2.24) is 34.8 Å². The van der Waals surface area contributed by atoms with E-state index in [0.717, 1.165) is 30.7 Å². The Balaban J connectivity index is 1.29. The predicted octanol–water partition coefficient (Wildman–Crippen LogP) is 3.54. The zero-order valence-corrected chi connectivity index (χ0v) is 19.8. The summed E-state index contributed by atoms with van der Waals surface area (Å²) in [5, 5.41) is 11.7. The van der Waals surface area contributed by atoms with Gasteiger partial charge in [-0.2, -0.15) is 10.2 Å². The SMILES string of the molecule is Cc1ccc(-n2nccn2)c(C(=O)N2C3CC(C3)[C@@H](C)[C@H]2CNc2cnc3cc(F)c(F)cc3n2)n1. The number of carbonyl (C=O) groups is 1. The number of pyridine rings is 1. The summed E-state index contributed by atoms with van der Waals surface area (Å²) < 4.78 is 27.2. The quantitative estimate of drug-likeness (QED) is 0.457. The van der Waals surface area contributed by atoms with Gasteiger partial charge < -0.3 is 10.2 Å². The van der Waals surface area contributed by atoms with Crippen LogP contribution in [0.5, 0.6) is 0 Å². The molecule has 1 N–H and O–H groups in total. The molecule has 184 valence electrons. The van der Waals surface area contributed by atoms with Crippen LogP contribution in [0.4, 0.5) is 14.6 Å². The van der Waals surface area contributed by atoms with Crippen LogP contribution in [0.25, 0.3) is 16.7 Å². The highest BCUT2D eigenvalue weighted by molar-refractivity contribution is 5.96. The highest BCUT2D eigenvalue weighted by Crippen LogP contribution is 2.47. The van der Waals surface area contributed by atoms with Crippen LogP contribution < -0.4 is 5.32 Å². The highest BCUT2D eigenvalue weighted by Gasteiger charge is 2.51. The number of piperidine rings is 2. The van der Waals surface area contributed by atoms with Crippen molar-refractivity contribution in [3.63, 3.8) is 0 Å². The maximum Gasteiger partial charge on any atom is 0.275 e. The van der Waals surface area contributed by atoms with Crippen molar-refractivity contribution in [2.45, 2.75) is 38.8 Å². The van der Waals surface area contributed by atoms with Gasteiger partial charge in [-0.25, -0.2) is 18.7 Å². The van der Waals surface area contributed by atoms with Crippen LogP contribution in [0.2, 0.25) is 0 Å². The van der Waals surface area contributed by atoms with Crippen LogP contribution in [-0.2, 0) is 0 Å². The number of anilines is 1. The minimum atomic E-state index is -0.972. The molecule has 1 aromatic carbocycles. The van der Waals surface area contributed by atoms with Crippen molar-refractivity contribution in [3.05, 3.63) is 65.9 Å². The Kier molecular flexibility index (Phi) is 5.35. The molecule has 0 radical (unpaired) electrons. The van der Waals surface area contributed by atoms with Crippen LogP contribution in [0.3, 0.4) is 0 Å². The monoisotopic (exact) mass is 490 g/mol. The summed E-state index contributed by atoms with van der Waals surface area (Å²) in [5.74, 6) is -0.862. The van der Waals surface area contributed by atoms with Crippen molar-refractivity contribution in [1.29, 1.82) is 0 Å². The summed E-state index contributed by atoms with van der Waals surface area (Å²) in [6, 6.07) is 5.72. The fraction of sp³-hybridized carbons (Fsp3) is 0.360. The fourth-order valence-corrected chi connectivity index (χ4v) is 5.36. The number of amides is 1. The second-order valence-electron chi connectivity index (χ2n) is 9.55. The first-order chi connectivity index (χ1) is 17.4. The molecular formula is C25H24F2N8O. The van der Waals surface area contributed by atoms with Gasteiger partial charge in [-0.05, 0) is 43.7 Å². The zero-order valence-electron chi connectivity index (χ0n) is 19.8. The molecule has 1 aliphatic carbocycles. The lowest BCUT2D eigenvalue weighted by Gasteiger charge is -2.57. The smallest absolute Gasteiger partial charge is 0.275 e. The highest BCUT2D eigenvalue weighted by atomic mass is 19.2. The molecule has 3 aliphatic rings. The van der Waals surface area contributed by atoms with E-state index in [1.54, 1.807) is 12.4 Å². The third-order valence-electron chi connectivity index (χ3n) is 7.41. The summed E-state index contributed by atoms with van der Waals surface area (Å²) >= 11 is 0. The van der Waals surface area contributed by atoms with Crippen molar-refractivity contribution < 1.29 is 13.6 Å². The van der Waals surface area contributed by atoms with Gasteiger partial charge in [-0.1, -0.05) is 6.92 Å². The van der Waals surface area contributed by atoms with Gasteiger partial charge in [0.05, 0.1) is 35.7 Å². The summed E-state index contributed by atoms with van der Waals surface area (Å²) in [6.45, 7) is 4.45. The molecule has 2 atom stereocenters. The van der Waals surface area contributed by atoms with Gasteiger partial charge in [0.25, 0.3) is 5.91 Å². The van der Waals surface area contributed by atoms with Gasteiger partial charge in [-0.3, -0.25) is 9.78 Å². The number of rotatable bonds is 5. The second-order valence-corrected chi connectivity index (χ2v) is 9.55. The van der Waals surface area contributed by atoms with Gasteiger partial charge >= 0.3 is 0 Å². The number of nitrogens with zero attached hydrogens (tertiary/aromatic N) is 7. The molecule has 36 heavy (non-hydrogen) atoms. The van der Waals surface area contributed by atoms with E-state index < -0.39 is 11.6 Å². The molecule has 11 heteroatoms. The molecule has 3 fully saturated rings. The molecular weight excluding hydrogens is 466 g/mol. The molecule has 3 aromatic heterocycles. The van der Waals surface area contributed by atoms with Gasteiger partial charge in [0.2, 0.25) is 0 Å². The lowest BCUT2D eigenvalue weighted by molar-refractivity contribution is -0.0505. The zero-order chi connectivity index (χ0) is 25.0. The Morgan fingerprint density at radius 1 is 1.08 bits per heavy atom. The van der Waals surface area contributed by atoms with Gasteiger partial charge in [0.1, 0.15) is 11.5 Å². The topological polar surface area (TPSA) is 102 Å². The van der Waals surface area contributed by atoms with Crippen molar-refractivity contribution in [2.75, 3.05) is 11.9 Å².